The highest BCUT2D eigenvalue weighted by molar-refractivity contribution is 7.13. The third-order valence-corrected chi connectivity index (χ3v) is 4.31. The van der Waals surface area contributed by atoms with Crippen molar-refractivity contribution in [2.24, 2.45) is 0 Å². The zero-order valence-corrected chi connectivity index (χ0v) is 12.8. The maximum absolute atomic E-state index is 5.69. The molecule has 0 radical (unpaired) electrons. The molecule has 1 aliphatic rings. The molecule has 0 bridgehead atoms. The summed E-state index contributed by atoms with van der Waals surface area (Å²) in [6, 6.07) is 0. The fraction of sp³-hybridized carbons (Fsp3) is 0.643. The van der Waals surface area contributed by atoms with Crippen LogP contribution in [0.5, 0.6) is 0 Å². The molecule has 2 N–H and O–H groups in total. The minimum atomic E-state index is 0.252. The summed E-state index contributed by atoms with van der Waals surface area (Å²) in [5.41, 5.74) is 6.64. The summed E-state index contributed by atoms with van der Waals surface area (Å²) in [6.07, 6.45) is 7.09. The number of hydrogen-bond donors (Lipinski definition) is 1. The van der Waals surface area contributed by atoms with Crippen molar-refractivity contribution in [3.63, 3.8) is 0 Å². The summed E-state index contributed by atoms with van der Waals surface area (Å²) in [4.78, 5) is 8.68. The van der Waals surface area contributed by atoms with Gasteiger partial charge in [-0.2, -0.15) is 4.98 Å². The van der Waals surface area contributed by atoms with Gasteiger partial charge in [0.1, 0.15) is 0 Å². The number of nitrogens with zero attached hydrogens (tertiary/aromatic N) is 3. The molecule has 0 aliphatic carbocycles. The minimum absolute atomic E-state index is 0.252. The molecule has 3 rings (SSSR count). The zero-order chi connectivity index (χ0) is 14.5. The van der Waals surface area contributed by atoms with Crippen molar-refractivity contribution in [3.8, 4) is 0 Å². The first-order valence-corrected chi connectivity index (χ1v) is 8.30. The van der Waals surface area contributed by atoms with Crippen molar-refractivity contribution in [2.75, 3.05) is 12.3 Å². The lowest BCUT2D eigenvalue weighted by atomic mass is 10.1. The minimum Gasteiger partial charge on any atom is -0.378 e. The summed E-state index contributed by atoms with van der Waals surface area (Å²) in [6.45, 7) is 0.853. The van der Waals surface area contributed by atoms with Crippen LogP contribution in [0.2, 0.25) is 0 Å². The van der Waals surface area contributed by atoms with Crippen LogP contribution >= 0.6 is 11.3 Å². The van der Waals surface area contributed by atoms with Crippen LogP contribution in [0.4, 0.5) is 5.13 Å². The largest absolute Gasteiger partial charge is 0.378 e. The fourth-order valence-corrected chi connectivity index (χ4v) is 3.10. The number of hydrogen-bond acceptors (Lipinski definition) is 7. The third kappa shape index (κ3) is 4.25. The number of rotatable bonds is 6. The predicted octanol–water partition coefficient (Wildman–Crippen LogP) is 2.40. The summed E-state index contributed by atoms with van der Waals surface area (Å²) in [5, 5.41) is 6.66. The quantitative estimate of drug-likeness (QED) is 0.881. The number of ether oxygens (including phenoxy) is 1. The molecule has 3 heterocycles. The van der Waals surface area contributed by atoms with Crippen LogP contribution in [0, 0.1) is 0 Å². The molecule has 1 saturated heterocycles. The molecule has 6 nitrogen and oxygen atoms in total. The Hall–Kier alpha value is -1.47. The lowest BCUT2D eigenvalue weighted by molar-refractivity contribution is 0.0153. The van der Waals surface area contributed by atoms with E-state index in [-0.39, 0.29) is 6.10 Å². The Morgan fingerprint density at radius 1 is 1.29 bits per heavy atom. The Kier molecular flexibility index (Phi) is 4.82. The molecule has 0 saturated carbocycles. The van der Waals surface area contributed by atoms with Crippen LogP contribution in [-0.4, -0.2) is 27.8 Å². The Balaban J connectivity index is 1.44. The predicted molar refractivity (Wildman–Crippen MR) is 80.1 cm³/mol. The number of aryl methyl sites for hydroxylation is 2. The third-order valence-electron chi connectivity index (χ3n) is 3.59. The molecule has 1 aliphatic heterocycles. The molecule has 1 unspecified atom stereocenters. The van der Waals surface area contributed by atoms with Crippen molar-refractivity contribution < 1.29 is 9.26 Å². The molecule has 7 heteroatoms. The highest BCUT2D eigenvalue weighted by atomic mass is 32.1. The van der Waals surface area contributed by atoms with Crippen LogP contribution in [0.3, 0.4) is 0 Å². The van der Waals surface area contributed by atoms with Crippen molar-refractivity contribution in [1.82, 2.24) is 15.1 Å². The van der Waals surface area contributed by atoms with Crippen LogP contribution in [0.15, 0.2) is 9.90 Å². The van der Waals surface area contributed by atoms with Gasteiger partial charge >= 0.3 is 0 Å². The van der Waals surface area contributed by atoms with Gasteiger partial charge in [0.2, 0.25) is 5.89 Å². The molecular weight excluding hydrogens is 288 g/mol. The van der Waals surface area contributed by atoms with Gasteiger partial charge in [-0.15, -0.1) is 11.3 Å². The molecule has 1 fully saturated rings. The van der Waals surface area contributed by atoms with E-state index in [1.807, 2.05) is 5.38 Å². The van der Waals surface area contributed by atoms with E-state index in [9.17, 15) is 0 Å². The second kappa shape index (κ2) is 7.00. The first-order valence-electron chi connectivity index (χ1n) is 7.42. The molecule has 1 atom stereocenters. The van der Waals surface area contributed by atoms with Crippen molar-refractivity contribution in [3.05, 3.63) is 22.8 Å². The van der Waals surface area contributed by atoms with Gasteiger partial charge in [-0.1, -0.05) is 5.16 Å². The van der Waals surface area contributed by atoms with Gasteiger partial charge in [0.05, 0.1) is 11.8 Å². The highest BCUT2D eigenvalue weighted by Gasteiger charge is 2.17. The number of anilines is 1. The summed E-state index contributed by atoms with van der Waals surface area (Å²) >= 11 is 1.48. The number of thiazole rings is 1. The van der Waals surface area contributed by atoms with Gasteiger partial charge in [-0.25, -0.2) is 4.98 Å². The van der Waals surface area contributed by atoms with E-state index in [4.69, 9.17) is 15.0 Å². The van der Waals surface area contributed by atoms with Crippen LogP contribution in [-0.2, 0) is 24.0 Å². The lowest BCUT2D eigenvalue weighted by Gasteiger charge is -2.20. The van der Waals surface area contributed by atoms with Gasteiger partial charge < -0.3 is 15.0 Å². The SMILES string of the molecule is Nc1nc(CCCc2nc(CC3CCCCO3)no2)cs1. The first-order chi connectivity index (χ1) is 10.3. The molecule has 2 aromatic rings. The molecule has 0 aromatic carbocycles. The monoisotopic (exact) mass is 308 g/mol. The van der Waals surface area contributed by atoms with E-state index in [0.717, 1.165) is 56.7 Å². The summed E-state index contributed by atoms with van der Waals surface area (Å²) in [5.74, 6) is 1.46. The zero-order valence-electron chi connectivity index (χ0n) is 12.0. The standard InChI is InChI=1S/C14H20N4O2S/c15-14-16-10(9-21-14)4-3-6-13-17-12(18-20-13)8-11-5-1-2-7-19-11/h9,11H,1-8H2,(H2,15,16). The van der Waals surface area contributed by atoms with Crippen molar-refractivity contribution in [1.29, 1.82) is 0 Å². The average molecular weight is 308 g/mol. The van der Waals surface area contributed by atoms with E-state index in [0.29, 0.717) is 11.0 Å². The van der Waals surface area contributed by atoms with Gasteiger partial charge in [0.15, 0.2) is 11.0 Å². The van der Waals surface area contributed by atoms with E-state index < -0.39 is 0 Å². The molecular formula is C14H20N4O2S. The van der Waals surface area contributed by atoms with Crippen LogP contribution < -0.4 is 5.73 Å². The van der Waals surface area contributed by atoms with Gasteiger partial charge in [-0.05, 0) is 32.1 Å². The topological polar surface area (TPSA) is 87.1 Å². The average Bonchev–Trinajstić information content (AvgIpc) is 3.10. The van der Waals surface area contributed by atoms with Gasteiger partial charge in [0, 0.05) is 24.8 Å². The molecule has 0 amide bonds. The second-order valence-corrected chi connectivity index (χ2v) is 6.22. The number of nitrogen functional groups attached to an aromatic ring is 1. The Morgan fingerprint density at radius 2 is 2.24 bits per heavy atom. The highest BCUT2D eigenvalue weighted by Crippen LogP contribution is 2.17. The summed E-state index contributed by atoms with van der Waals surface area (Å²) < 4.78 is 11.0. The van der Waals surface area contributed by atoms with E-state index >= 15 is 0 Å². The maximum atomic E-state index is 5.69. The van der Waals surface area contributed by atoms with Crippen molar-refractivity contribution in [2.45, 2.75) is 51.0 Å². The van der Waals surface area contributed by atoms with E-state index in [2.05, 4.69) is 15.1 Å². The van der Waals surface area contributed by atoms with E-state index in [1.165, 1.54) is 17.8 Å². The maximum Gasteiger partial charge on any atom is 0.226 e. The molecule has 114 valence electrons. The Morgan fingerprint density at radius 3 is 3.00 bits per heavy atom. The Bertz CT molecular complexity index is 563. The van der Waals surface area contributed by atoms with E-state index in [1.54, 1.807) is 0 Å². The molecule has 21 heavy (non-hydrogen) atoms. The van der Waals surface area contributed by atoms with Gasteiger partial charge in [0.25, 0.3) is 0 Å². The first kappa shape index (κ1) is 14.5. The Labute approximate surface area is 127 Å². The van der Waals surface area contributed by atoms with Crippen LogP contribution in [0.25, 0.3) is 0 Å². The normalized spacial score (nSPS) is 19.0. The number of aromatic nitrogens is 3. The fourth-order valence-electron chi connectivity index (χ4n) is 2.50. The number of nitrogens with two attached hydrogens (primary N) is 1. The second-order valence-electron chi connectivity index (χ2n) is 5.33. The van der Waals surface area contributed by atoms with Crippen LogP contribution in [0.1, 0.15) is 43.1 Å². The van der Waals surface area contributed by atoms with Gasteiger partial charge in [-0.3, -0.25) is 0 Å². The smallest absolute Gasteiger partial charge is 0.226 e. The van der Waals surface area contributed by atoms with Crippen molar-refractivity contribution >= 4 is 16.5 Å². The molecule has 2 aromatic heterocycles. The lowest BCUT2D eigenvalue weighted by Crippen LogP contribution is -2.21. The summed E-state index contributed by atoms with van der Waals surface area (Å²) in [7, 11) is 0. The molecule has 0 spiro atoms.